The molecule has 1 aliphatic heterocycles. The second-order valence-corrected chi connectivity index (χ2v) is 11.5. The smallest absolute Gasteiger partial charge is 0.0547 e. The average Bonchev–Trinajstić information content (AvgIpc) is 3.36. The summed E-state index contributed by atoms with van der Waals surface area (Å²) in [5, 5.41) is 2.55. The fourth-order valence-corrected chi connectivity index (χ4v) is 6.76. The molecule has 1 aliphatic rings. The van der Waals surface area contributed by atoms with Gasteiger partial charge in [0.05, 0.1) is 22.4 Å². The fourth-order valence-electron chi connectivity index (χ4n) is 6.76. The third-order valence-corrected chi connectivity index (χ3v) is 8.78. The lowest BCUT2D eigenvalue weighted by molar-refractivity contribution is 0.632. The van der Waals surface area contributed by atoms with E-state index in [0.717, 1.165) is 0 Å². The van der Waals surface area contributed by atoms with Crippen LogP contribution in [0.4, 0.5) is 17.1 Å². The molecule has 0 fully saturated rings. The Balaban J connectivity index is 1.25. The molecular formula is C39H30N2. The van der Waals surface area contributed by atoms with Gasteiger partial charge in [0.15, 0.2) is 0 Å². The summed E-state index contributed by atoms with van der Waals surface area (Å²) in [6.07, 6.45) is 0. The Morgan fingerprint density at radius 3 is 1.71 bits per heavy atom. The summed E-state index contributed by atoms with van der Waals surface area (Å²) in [5.41, 5.74) is 12.4. The number of hydrogen-bond acceptors (Lipinski definition) is 1. The van der Waals surface area contributed by atoms with Crippen molar-refractivity contribution in [2.24, 2.45) is 0 Å². The van der Waals surface area contributed by atoms with Crippen molar-refractivity contribution in [1.82, 2.24) is 4.57 Å². The van der Waals surface area contributed by atoms with Crippen LogP contribution in [0.25, 0.3) is 38.6 Å². The molecule has 0 atom stereocenters. The maximum Gasteiger partial charge on any atom is 0.0547 e. The third-order valence-electron chi connectivity index (χ3n) is 8.78. The Morgan fingerprint density at radius 2 is 1.00 bits per heavy atom. The van der Waals surface area contributed by atoms with Gasteiger partial charge in [-0.15, -0.1) is 0 Å². The van der Waals surface area contributed by atoms with E-state index in [1.165, 1.54) is 66.8 Å². The second-order valence-electron chi connectivity index (χ2n) is 11.5. The van der Waals surface area contributed by atoms with Crippen LogP contribution in [0.1, 0.15) is 25.0 Å². The molecule has 1 aromatic heterocycles. The summed E-state index contributed by atoms with van der Waals surface area (Å²) in [5.74, 6) is 0. The van der Waals surface area contributed by atoms with Crippen LogP contribution in [0.5, 0.6) is 0 Å². The van der Waals surface area contributed by atoms with Crippen molar-refractivity contribution in [3.05, 3.63) is 157 Å². The van der Waals surface area contributed by atoms with Gasteiger partial charge in [-0.2, -0.15) is 0 Å². The van der Waals surface area contributed by atoms with Crippen LogP contribution < -0.4 is 4.90 Å². The summed E-state index contributed by atoms with van der Waals surface area (Å²) in [6, 6.07) is 52.9. The van der Waals surface area contributed by atoms with Gasteiger partial charge in [-0.05, 0) is 70.8 Å². The number of rotatable bonds is 3. The van der Waals surface area contributed by atoms with Crippen LogP contribution in [0.15, 0.2) is 146 Å². The van der Waals surface area contributed by atoms with E-state index in [-0.39, 0.29) is 5.41 Å². The Hall–Kier alpha value is -5.08. The average molecular weight is 527 g/mol. The normalized spacial score (nSPS) is 13.8. The summed E-state index contributed by atoms with van der Waals surface area (Å²) >= 11 is 0. The van der Waals surface area contributed by atoms with Crippen molar-refractivity contribution in [3.8, 4) is 16.8 Å². The number of aromatic nitrogens is 1. The summed E-state index contributed by atoms with van der Waals surface area (Å²) in [7, 11) is 0. The maximum atomic E-state index is 2.41. The van der Waals surface area contributed by atoms with E-state index in [4.69, 9.17) is 0 Å². The zero-order valence-corrected chi connectivity index (χ0v) is 23.3. The van der Waals surface area contributed by atoms with E-state index in [1.807, 2.05) is 0 Å². The first-order valence-electron chi connectivity index (χ1n) is 14.3. The largest absolute Gasteiger partial charge is 0.310 e. The lowest BCUT2D eigenvalue weighted by Crippen LogP contribution is -2.30. The molecule has 196 valence electrons. The first-order valence-corrected chi connectivity index (χ1v) is 14.3. The van der Waals surface area contributed by atoms with Crippen molar-refractivity contribution in [1.29, 1.82) is 0 Å². The molecule has 0 bridgehead atoms. The predicted octanol–water partition coefficient (Wildman–Crippen LogP) is 10.6. The topological polar surface area (TPSA) is 8.17 Å². The van der Waals surface area contributed by atoms with Crippen LogP contribution in [0.2, 0.25) is 0 Å². The lowest BCUT2D eigenvalue weighted by atomic mass is 9.73. The van der Waals surface area contributed by atoms with Gasteiger partial charge in [0.1, 0.15) is 0 Å². The van der Waals surface area contributed by atoms with Crippen LogP contribution in [0.3, 0.4) is 0 Å². The highest BCUT2D eigenvalue weighted by molar-refractivity contribution is 6.10. The number of hydrogen-bond donors (Lipinski definition) is 0. The Morgan fingerprint density at radius 1 is 0.439 bits per heavy atom. The predicted molar refractivity (Wildman–Crippen MR) is 173 cm³/mol. The van der Waals surface area contributed by atoms with Crippen LogP contribution in [-0.2, 0) is 5.41 Å². The van der Waals surface area contributed by atoms with Gasteiger partial charge >= 0.3 is 0 Å². The quantitative estimate of drug-likeness (QED) is 0.222. The van der Waals surface area contributed by atoms with Crippen LogP contribution in [0, 0.1) is 0 Å². The minimum Gasteiger partial charge on any atom is -0.310 e. The first kappa shape index (κ1) is 23.8. The summed E-state index contributed by atoms with van der Waals surface area (Å²) in [4.78, 5) is 2.41. The van der Waals surface area contributed by atoms with Crippen molar-refractivity contribution in [2.75, 3.05) is 4.90 Å². The van der Waals surface area contributed by atoms with E-state index < -0.39 is 0 Å². The molecule has 0 amide bonds. The molecule has 0 saturated carbocycles. The molecule has 0 N–H and O–H groups in total. The van der Waals surface area contributed by atoms with Gasteiger partial charge in [0.2, 0.25) is 0 Å². The van der Waals surface area contributed by atoms with E-state index in [2.05, 4.69) is 169 Å². The Kier molecular flexibility index (Phi) is 5.20. The first-order chi connectivity index (χ1) is 20.1. The minimum atomic E-state index is -0.0593. The monoisotopic (exact) mass is 526 g/mol. The second kappa shape index (κ2) is 8.97. The highest BCUT2D eigenvalue weighted by Gasteiger charge is 2.36. The van der Waals surface area contributed by atoms with Crippen molar-refractivity contribution >= 4 is 38.9 Å². The number of benzene rings is 6. The van der Waals surface area contributed by atoms with Crippen molar-refractivity contribution in [3.63, 3.8) is 0 Å². The van der Waals surface area contributed by atoms with E-state index in [0.29, 0.717) is 0 Å². The van der Waals surface area contributed by atoms with Gasteiger partial charge in [-0.3, -0.25) is 0 Å². The fraction of sp³-hybridized carbons (Fsp3) is 0.0769. The molecule has 2 heterocycles. The number of fused-ring (bicyclic) bond motifs is 5. The van der Waals surface area contributed by atoms with Gasteiger partial charge in [-0.1, -0.05) is 111 Å². The summed E-state index contributed by atoms with van der Waals surface area (Å²) in [6.45, 7) is 4.66. The lowest BCUT2D eigenvalue weighted by Gasteiger charge is -2.42. The standard InChI is InChI=1S/C39H30N2/c1-39(2)33-15-7-10-18-36(33)41(37-19-11-8-16-34(37)39)30-23-20-27(21-24-30)28-22-25-32-31-14-6-9-17-35(31)40(38(32)26-28)29-12-4-3-5-13-29/h3-26H,1-2H3. The van der Waals surface area contributed by atoms with Gasteiger partial charge in [0.25, 0.3) is 0 Å². The maximum absolute atomic E-state index is 2.41. The van der Waals surface area contributed by atoms with Crippen LogP contribution in [-0.4, -0.2) is 4.57 Å². The van der Waals surface area contributed by atoms with Gasteiger partial charge in [0, 0.05) is 27.6 Å². The Labute approximate surface area is 240 Å². The number of para-hydroxylation sites is 4. The molecule has 0 saturated heterocycles. The SMILES string of the molecule is CC1(C)c2ccccc2N(c2ccc(-c3ccc4c5ccccc5n(-c5ccccc5)c4c3)cc2)c2ccccc21. The van der Waals surface area contributed by atoms with Gasteiger partial charge in [-0.25, -0.2) is 0 Å². The number of nitrogens with zero attached hydrogens (tertiary/aromatic N) is 2. The molecular weight excluding hydrogens is 496 g/mol. The number of anilines is 3. The van der Waals surface area contributed by atoms with Crippen molar-refractivity contribution < 1.29 is 0 Å². The molecule has 41 heavy (non-hydrogen) atoms. The third kappa shape index (κ3) is 3.57. The molecule has 0 aliphatic carbocycles. The molecule has 0 radical (unpaired) electrons. The molecule has 8 rings (SSSR count). The molecule has 2 heteroatoms. The van der Waals surface area contributed by atoms with E-state index >= 15 is 0 Å². The zero-order chi connectivity index (χ0) is 27.6. The molecule has 0 spiro atoms. The zero-order valence-electron chi connectivity index (χ0n) is 23.3. The highest BCUT2D eigenvalue weighted by atomic mass is 15.2. The summed E-state index contributed by atoms with van der Waals surface area (Å²) < 4.78 is 2.38. The van der Waals surface area contributed by atoms with E-state index in [1.54, 1.807) is 0 Å². The molecule has 0 unspecified atom stereocenters. The Bertz CT molecular complexity index is 2010. The molecule has 7 aromatic rings. The van der Waals surface area contributed by atoms with Gasteiger partial charge < -0.3 is 9.47 Å². The highest BCUT2D eigenvalue weighted by Crippen LogP contribution is 2.51. The van der Waals surface area contributed by atoms with E-state index in [9.17, 15) is 0 Å². The van der Waals surface area contributed by atoms with Crippen LogP contribution >= 0.6 is 0 Å². The minimum absolute atomic E-state index is 0.0593. The molecule has 6 aromatic carbocycles. The molecule has 2 nitrogen and oxygen atoms in total. The van der Waals surface area contributed by atoms with Crippen molar-refractivity contribution in [2.45, 2.75) is 19.3 Å².